The Labute approximate surface area is 357 Å². The number of anilines is 6. The van der Waals surface area contributed by atoms with E-state index >= 15 is 0 Å². The van der Waals surface area contributed by atoms with E-state index < -0.39 is 0 Å². The van der Waals surface area contributed by atoms with Crippen LogP contribution in [0.4, 0.5) is 34.1 Å². The lowest BCUT2D eigenvalue weighted by molar-refractivity contribution is 0.332. The van der Waals surface area contributed by atoms with Crippen LogP contribution in [-0.2, 0) is 21.7 Å². The molecule has 2 nitrogen and oxygen atoms in total. The summed E-state index contributed by atoms with van der Waals surface area (Å²) in [4.78, 5) is 5.20. The zero-order chi connectivity index (χ0) is 41.4. The van der Waals surface area contributed by atoms with Crippen LogP contribution >= 0.6 is 11.3 Å². The molecular formula is C55H57BN2S. The predicted octanol–water partition coefficient (Wildman–Crippen LogP) is 13.9. The van der Waals surface area contributed by atoms with Crippen LogP contribution in [0, 0.1) is 6.92 Å². The summed E-state index contributed by atoms with van der Waals surface area (Å²) < 4.78 is 2.84. The van der Waals surface area contributed by atoms with Crippen molar-refractivity contribution in [2.75, 3.05) is 9.80 Å². The van der Waals surface area contributed by atoms with Crippen LogP contribution in [0.5, 0.6) is 0 Å². The van der Waals surface area contributed by atoms with E-state index in [1.165, 1.54) is 112 Å². The zero-order valence-corrected chi connectivity index (χ0v) is 37.7. The summed E-state index contributed by atoms with van der Waals surface area (Å²) >= 11 is 2.04. The monoisotopic (exact) mass is 788 g/mol. The van der Waals surface area contributed by atoms with E-state index in [1.54, 1.807) is 0 Å². The molecule has 2 aliphatic heterocycles. The van der Waals surface area contributed by atoms with Crippen LogP contribution in [0.2, 0.25) is 0 Å². The number of nitrogens with zero attached hydrogens (tertiary/aromatic N) is 2. The Morgan fingerprint density at radius 1 is 0.559 bits per heavy atom. The second-order valence-corrected chi connectivity index (χ2v) is 22.1. The highest BCUT2D eigenvalue weighted by Crippen LogP contribution is 2.52. The molecule has 296 valence electrons. The largest absolute Gasteiger partial charge is 0.311 e. The lowest BCUT2D eigenvalue weighted by atomic mass is 9.36. The van der Waals surface area contributed by atoms with Gasteiger partial charge in [0.25, 0.3) is 6.71 Å². The fraction of sp³-hybridized carbons (Fsp3) is 0.309. The minimum absolute atomic E-state index is 0.00227. The number of aryl methyl sites for hydroxylation is 1. The van der Waals surface area contributed by atoms with Crippen molar-refractivity contribution in [1.82, 2.24) is 0 Å². The molecule has 0 bridgehead atoms. The molecule has 59 heavy (non-hydrogen) atoms. The van der Waals surface area contributed by atoms with Crippen LogP contribution in [0.25, 0.3) is 21.2 Å². The van der Waals surface area contributed by atoms with Crippen molar-refractivity contribution in [1.29, 1.82) is 0 Å². The smallest absolute Gasteiger partial charge is 0.264 e. The van der Waals surface area contributed by atoms with E-state index in [-0.39, 0.29) is 28.4 Å². The highest BCUT2D eigenvalue weighted by Gasteiger charge is 2.47. The molecule has 6 aromatic carbocycles. The minimum atomic E-state index is 0.00227. The first-order valence-corrected chi connectivity index (χ1v) is 22.5. The molecule has 4 heteroatoms. The SMILES string of the molecule is Cc1cc2c3c(c1)N(c1ccc(C(C)(C)C)cc1)c1c(sc4cc5c(cc14)C(C)(C)CCC5(C)C)B3c1cc(C(C)(C)C)ccc1N2c1ccc(-c2ccccc2)cc1. The average Bonchev–Trinajstić information content (AvgIpc) is 3.57. The Morgan fingerprint density at radius 3 is 1.73 bits per heavy atom. The number of hydrogen-bond acceptors (Lipinski definition) is 3. The fourth-order valence-electron chi connectivity index (χ4n) is 10.2. The molecule has 0 radical (unpaired) electrons. The minimum Gasteiger partial charge on any atom is -0.311 e. The third-order valence-electron chi connectivity index (χ3n) is 13.9. The van der Waals surface area contributed by atoms with Gasteiger partial charge in [0.2, 0.25) is 0 Å². The van der Waals surface area contributed by atoms with E-state index in [0.717, 1.165) is 0 Å². The number of fused-ring (bicyclic) bond motifs is 7. The van der Waals surface area contributed by atoms with Crippen molar-refractivity contribution in [2.24, 2.45) is 0 Å². The highest BCUT2D eigenvalue weighted by atomic mass is 32.1. The summed E-state index contributed by atoms with van der Waals surface area (Å²) in [7, 11) is 0. The second-order valence-electron chi connectivity index (χ2n) is 21.0. The van der Waals surface area contributed by atoms with Crippen LogP contribution < -0.4 is 25.5 Å². The standard InChI is InChI=1S/C55H57BN2S/c1-34-29-46-49-47(30-34)58(40-24-19-37(20-25-40)52(2,3)4)50-41-32-42-43(55(10,11)28-27-54(42,8)9)33-48(41)59-51(50)56(49)44-31-38(53(5,6)7)21-26-45(44)57(46)39-22-17-36(18-23-39)35-15-13-12-14-16-35/h12-26,29-33H,27-28H2,1-11H3. The van der Waals surface area contributed by atoms with Crippen molar-refractivity contribution in [3.05, 3.63) is 149 Å². The molecule has 0 spiro atoms. The number of thiophene rings is 1. The average molecular weight is 789 g/mol. The molecule has 1 aromatic heterocycles. The van der Waals surface area contributed by atoms with E-state index in [1.807, 2.05) is 11.3 Å². The molecule has 0 N–H and O–H groups in total. The van der Waals surface area contributed by atoms with E-state index in [2.05, 4.69) is 207 Å². The van der Waals surface area contributed by atoms with Crippen molar-refractivity contribution < 1.29 is 0 Å². The molecule has 0 amide bonds. The maximum absolute atomic E-state index is 2.64. The quantitative estimate of drug-likeness (QED) is 0.165. The number of rotatable bonds is 3. The first-order chi connectivity index (χ1) is 27.9. The first-order valence-electron chi connectivity index (χ1n) is 21.7. The summed E-state index contributed by atoms with van der Waals surface area (Å²) in [5.74, 6) is 0. The van der Waals surface area contributed by atoms with Gasteiger partial charge in [-0.3, -0.25) is 0 Å². The van der Waals surface area contributed by atoms with E-state index in [4.69, 9.17) is 0 Å². The summed E-state index contributed by atoms with van der Waals surface area (Å²) in [6.45, 7) is 26.2. The van der Waals surface area contributed by atoms with Crippen LogP contribution in [-0.4, -0.2) is 6.71 Å². The summed E-state index contributed by atoms with van der Waals surface area (Å²) in [6, 6.07) is 46.9. The summed E-state index contributed by atoms with van der Waals surface area (Å²) in [6.07, 6.45) is 2.40. The Kier molecular flexibility index (Phi) is 8.39. The van der Waals surface area contributed by atoms with Crippen molar-refractivity contribution in [3.8, 4) is 11.1 Å². The Morgan fingerprint density at radius 2 is 1.10 bits per heavy atom. The molecule has 1 aliphatic carbocycles. The van der Waals surface area contributed by atoms with Gasteiger partial charge in [0.05, 0.1) is 5.69 Å². The lowest BCUT2D eigenvalue weighted by Crippen LogP contribution is -2.60. The predicted molar refractivity (Wildman–Crippen MR) is 259 cm³/mol. The summed E-state index contributed by atoms with van der Waals surface area (Å²) in [5.41, 5.74) is 20.2. The van der Waals surface area contributed by atoms with Gasteiger partial charge in [-0.15, -0.1) is 11.3 Å². The Bertz CT molecular complexity index is 2790. The second kappa shape index (κ2) is 13.0. The van der Waals surface area contributed by atoms with Crippen molar-refractivity contribution >= 4 is 78.0 Å². The number of benzene rings is 6. The Hall–Kier alpha value is -5.06. The van der Waals surface area contributed by atoms with Gasteiger partial charge in [0, 0.05) is 43.3 Å². The van der Waals surface area contributed by atoms with Crippen molar-refractivity contribution in [2.45, 2.75) is 111 Å². The number of hydrogen-bond donors (Lipinski definition) is 0. The normalized spacial score (nSPS) is 16.4. The molecule has 0 saturated carbocycles. The third kappa shape index (κ3) is 6.03. The van der Waals surface area contributed by atoms with Gasteiger partial charge in [0.15, 0.2) is 0 Å². The fourth-order valence-corrected chi connectivity index (χ4v) is 11.6. The van der Waals surface area contributed by atoms with Crippen LogP contribution in [0.3, 0.4) is 0 Å². The molecule has 0 saturated heterocycles. The van der Waals surface area contributed by atoms with Crippen molar-refractivity contribution in [3.63, 3.8) is 0 Å². The van der Waals surface area contributed by atoms with Gasteiger partial charge >= 0.3 is 0 Å². The maximum Gasteiger partial charge on any atom is 0.264 e. The molecular weight excluding hydrogens is 731 g/mol. The maximum atomic E-state index is 2.64. The topological polar surface area (TPSA) is 6.48 Å². The van der Waals surface area contributed by atoms with Gasteiger partial charge in [-0.1, -0.05) is 136 Å². The molecule has 7 aromatic rings. The Balaban J connectivity index is 1.29. The van der Waals surface area contributed by atoms with Gasteiger partial charge in [0.1, 0.15) is 0 Å². The molecule has 0 unspecified atom stereocenters. The van der Waals surface area contributed by atoms with E-state index in [0.29, 0.717) is 0 Å². The van der Waals surface area contributed by atoms with Gasteiger partial charge in [-0.2, -0.15) is 0 Å². The van der Waals surface area contributed by atoms with E-state index in [9.17, 15) is 0 Å². The lowest BCUT2D eigenvalue weighted by Gasteiger charge is -2.44. The molecule has 3 heterocycles. The van der Waals surface area contributed by atoms with Gasteiger partial charge < -0.3 is 9.80 Å². The molecule has 0 atom stereocenters. The molecule has 3 aliphatic rings. The van der Waals surface area contributed by atoms with Gasteiger partial charge in [-0.25, -0.2) is 0 Å². The summed E-state index contributed by atoms with van der Waals surface area (Å²) in [5, 5.41) is 1.38. The molecule has 10 rings (SSSR count). The first kappa shape index (κ1) is 38.2. The van der Waals surface area contributed by atoms with Crippen LogP contribution in [0.15, 0.2) is 121 Å². The van der Waals surface area contributed by atoms with Crippen LogP contribution in [0.1, 0.15) is 110 Å². The van der Waals surface area contributed by atoms with Gasteiger partial charge in [-0.05, 0) is 146 Å². The zero-order valence-electron chi connectivity index (χ0n) is 36.8. The highest BCUT2D eigenvalue weighted by molar-refractivity contribution is 7.33. The molecule has 0 fully saturated rings. The third-order valence-corrected chi connectivity index (χ3v) is 15.1.